The second-order valence-corrected chi connectivity index (χ2v) is 8.57. The summed E-state index contributed by atoms with van der Waals surface area (Å²) in [6.45, 7) is 5.44. The fourth-order valence-electron chi connectivity index (χ4n) is 4.20. The first kappa shape index (κ1) is 23.7. The van der Waals surface area contributed by atoms with Gasteiger partial charge in [0.1, 0.15) is 35.2 Å². The Morgan fingerprint density at radius 2 is 1.76 bits per heavy atom. The minimum atomic E-state index is -0.880. The highest BCUT2D eigenvalue weighted by molar-refractivity contribution is 5.88. The monoisotopic (exact) mass is 473 g/mol. The number of β-amino-alcohol motifs (C(OH)–C–C–N with tert-alkyl or cyclic N) is 1. The molecule has 0 saturated carbocycles. The van der Waals surface area contributed by atoms with Crippen molar-refractivity contribution in [3.63, 3.8) is 0 Å². The molecule has 5 N–H and O–H groups in total. The second-order valence-electron chi connectivity index (χ2n) is 8.57. The van der Waals surface area contributed by atoms with E-state index in [1.54, 1.807) is 0 Å². The molecule has 10 heteroatoms. The fourth-order valence-corrected chi connectivity index (χ4v) is 4.20. The SMILES string of the molecule is C[C@@H]1CN(CC(O)COc2cc(O)cc3oc(-c4ccc(O)c(O)c4)c(O)c(=O)c23)C[C@H](C)O1. The van der Waals surface area contributed by atoms with Gasteiger partial charge in [-0.1, -0.05) is 0 Å². The molecule has 1 aliphatic heterocycles. The molecule has 182 valence electrons. The summed E-state index contributed by atoms with van der Waals surface area (Å²) in [5.74, 6) is -2.12. The number of fused-ring (bicyclic) bond motifs is 1. The van der Waals surface area contributed by atoms with Crippen LogP contribution in [0.4, 0.5) is 0 Å². The van der Waals surface area contributed by atoms with E-state index in [2.05, 4.69) is 4.90 Å². The fraction of sp³-hybridized carbons (Fsp3) is 0.375. The van der Waals surface area contributed by atoms with E-state index in [-0.39, 0.29) is 58.4 Å². The van der Waals surface area contributed by atoms with E-state index in [1.807, 2.05) is 13.8 Å². The summed E-state index contributed by atoms with van der Waals surface area (Å²) in [6, 6.07) is 6.06. The molecule has 3 atom stereocenters. The molecule has 4 rings (SSSR count). The van der Waals surface area contributed by atoms with Crippen LogP contribution in [-0.2, 0) is 4.74 Å². The molecule has 1 aromatic heterocycles. The van der Waals surface area contributed by atoms with Gasteiger partial charge in [0, 0.05) is 37.3 Å². The van der Waals surface area contributed by atoms with Crippen molar-refractivity contribution in [2.45, 2.75) is 32.2 Å². The third-order valence-corrected chi connectivity index (χ3v) is 5.55. The summed E-state index contributed by atoms with van der Waals surface area (Å²) >= 11 is 0. The molecule has 0 spiro atoms. The number of benzene rings is 2. The molecule has 0 aliphatic carbocycles. The number of aliphatic hydroxyl groups is 1. The molecular formula is C24H27NO9. The standard InChI is InChI=1S/C24H27NO9/c1-12-8-25(9-13(2)33-12)10-16(27)11-32-19-6-15(26)7-20-21(19)22(30)23(31)24(34-20)14-3-4-17(28)18(29)5-14/h3-7,12-13,16,26-29,31H,8-11H2,1-2H3/t12-,13+,16?. The number of rotatable bonds is 6. The summed E-state index contributed by atoms with van der Waals surface area (Å²) in [4.78, 5) is 15.0. The highest BCUT2D eigenvalue weighted by Gasteiger charge is 2.25. The summed E-state index contributed by atoms with van der Waals surface area (Å²) in [6.07, 6.45) is -0.789. The molecule has 1 unspecified atom stereocenters. The van der Waals surface area contributed by atoms with Crippen LogP contribution in [0.1, 0.15) is 13.8 Å². The molecular weight excluding hydrogens is 446 g/mol. The second kappa shape index (κ2) is 9.41. The Morgan fingerprint density at radius 3 is 2.44 bits per heavy atom. The van der Waals surface area contributed by atoms with Gasteiger partial charge in [-0.15, -0.1) is 0 Å². The van der Waals surface area contributed by atoms with Crippen LogP contribution < -0.4 is 10.2 Å². The zero-order chi connectivity index (χ0) is 24.6. The number of ether oxygens (including phenoxy) is 2. The van der Waals surface area contributed by atoms with Crippen LogP contribution in [0.3, 0.4) is 0 Å². The molecule has 1 saturated heterocycles. The van der Waals surface area contributed by atoms with Gasteiger partial charge in [0.15, 0.2) is 17.3 Å². The van der Waals surface area contributed by atoms with Crippen LogP contribution in [0.15, 0.2) is 39.5 Å². The number of aromatic hydroxyl groups is 4. The van der Waals surface area contributed by atoms with Crippen LogP contribution in [0.25, 0.3) is 22.3 Å². The normalized spacial score (nSPS) is 19.9. The van der Waals surface area contributed by atoms with Crippen molar-refractivity contribution in [1.29, 1.82) is 0 Å². The maximum absolute atomic E-state index is 13.0. The van der Waals surface area contributed by atoms with Crippen LogP contribution in [-0.4, -0.2) is 75.0 Å². The highest BCUT2D eigenvalue weighted by atomic mass is 16.5. The summed E-state index contributed by atoms with van der Waals surface area (Å²) < 4.78 is 17.0. The van der Waals surface area contributed by atoms with E-state index in [9.17, 15) is 30.3 Å². The van der Waals surface area contributed by atoms with E-state index in [1.165, 1.54) is 24.3 Å². The van der Waals surface area contributed by atoms with E-state index in [4.69, 9.17) is 13.9 Å². The Bertz CT molecular complexity index is 1250. The van der Waals surface area contributed by atoms with Crippen molar-refractivity contribution >= 4 is 11.0 Å². The van der Waals surface area contributed by atoms with Gasteiger partial charge in [0.05, 0.1) is 12.2 Å². The summed E-state index contributed by atoms with van der Waals surface area (Å²) in [7, 11) is 0. The van der Waals surface area contributed by atoms with Crippen LogP contribution in [0.2, 0.25) is 0 Å². The molecule has 0 bridgehead atoms. The van der Waals surface area contributed by atoms with Gasteiger partial charge < -0.3 is 39.4 Å². The zero-order valence-electron chi connectivity index (χ0n) is 18.8. The average Bonchev–Trinajstić information content (AvgIpc) is 2.75. The Morgan fingerprint density at radius 1 is 1.06 bits per heavy atom. The number of nitrogens with zero attached hydrogens (tertiary/aromatic N) is 1. The van der Waals surface area contributed by atoms with Gasteiger partial charge in [0.2, 0.25) is 11.2 Å². The highest BCUT2D eigenvalue weighted by Crippen LogP contribution is 2.38. The Kier molecular flexibility index (Phi) is 6.56. The van der Waals surface area contributed by atoms with Gasteiger partial charge in [0.25, 0.3) is 0 Å². The molecule has 10 nitrogen and oxygen atoms in total. The predicted molar refractivity (Wildman–Crippen MR) is 123 cm³/mol. The lowest BCUT2D eigenvalue weighted by atomic mass is 10.1. The molecule has 0 radical (unpaired) electrons. The number of hydrogen-bond acceptors (Lipinski definition) is 10. The first-order valence-electron chi connectivity index (χ1n) is 10.9. The molecule has 2 aromatic carbocycles. The Balaban J connectivity index is 1.60. The maximum atomic E-state index is 13.0. The summed E-state index contributed by atoms with van der Waals surface area (Å²) in [5, 5.41) is 50.3. The number of phenols is 3. The Hall–Kier alpha value is -3.47. The van der Waals surface area contributed by atoms with Gasteiger partial charge in [-0.05, 0) is 32.0 Å². The van der Waals surface area contributed by atoms with Crippen molar-refractivity contribution < 1.29 is 39.4 Å². The quantitative estimate of drug-likeness (QED) is 0.337. The number of aliphatic hydroxyl groups excluding tert-OH is 1. The third-order valence-electron chi connectivity index (χ3n) is 5.55. The molecule has 0 amide bonds. The predicted octanol–water partition coefficient (Wildman–Crippen LogP) is 2.13. The van der Waals surface area contributed by atoms with Gasteiger partial charge >= 0.3 is 0 Å². The van der Waals surface area contributed by atoms with Crippen LogP contribution >= 0.6 is 0 Å². The van der Waals surface area contributed by atoms with E-state index in [0.29, 0.717) is 19.6 Å². The average molecular weight is 473 g/mol. The maximum Gasteiger partial charge on any atom is 0.238 e. The lowest BCUT2D eigenvalue weighted by molar-refractivity contribution is -0.0786. The van der Waals surface area contributed by atoms with E-state index in [0.717, 1.165) is 6.07 Å². The largest absolute Gasteiger partial charge is 0.508 e. The minimum Gasteiger partial charge on any atom is -0.508 e. The van der Waals surface area contributed by atoms with Crippen molar-refractivity contribution in [3.8, 4) is 40.1 Å². The lowest BCUT2D eigenvalue weighted by Gasteiger charge is -2.36. The zero-order valence-corrected chi connectivity index (χ0v) is 18.8. The van der Waals surface area contributed by atoms with Gasteiger partial charge in [-0.2, -0.15) is 0 Å². The van der Waals surface area contributed by atoms with Crippen molar-refractivity contribution in [1.82, 2.24) is 4.90 Å². The topological polar surface area (TPSA) is 153 Å². The number of morpholine rings is 1. The molecule has 1 fully saturated rings. The first-order valence-corrected chi connectivity index (χ1v) is 10.9. The third kappa shape index (κ3) is 4.89. The lowest BCUT2D eigenvalue weighted by Crippen LogP contribution is -2.48. The van der Waals surface area contributed by atoms with Crippen molar-refractivity contribution in [2.24, 2.45) is 0 Å². The molecule has 1 aliphatic rings. The smallest absolute Gasteiger partial charge is 0.238 e. The van der Waals surface area contributed by atoms with Crippen LogP contribution in [0, 0.1) is 0 Å². The minimum absolute atomic E-state index is 0.0455. The van der Waals surface area contributed by atoms with Crippen molar-refractivity contribution in [3.05, 3.63) is 40.6 Å². The van der Waals surface area contributed by atoms with Gasteiger partial charge in [-0.3, -0.25) is 9.69 Å². The molecule has 3 aromatic rings. The molecule has 2 heterocycles. The first-order chi connectivity index (χ1) is 16.1. The van der Waals surface area contributed by atoms with E-state index < -0.39 is 23.0 Å². The number of phenolic OH excluding ortho intramolecular Hbond substituents is 3. The van der Waals surface area contributed by atoms with Crippen molar-refractivity contribution in [2.75, 3.05) is 26.2 Å². The Labute approximate surface area is 194 Å². The van der Waals surface area contributed by atoms with E-state index >= 15 is 0 Å². The van der Waals surface area contributed by atoms with Gasteiger partial charge in [-0.25, -0.2) is 0 Å². The molecule has 34 heavy (non-hydrogen) atoms. The van der Waals surface area contributed by atoms with Crippen LogP contribution in [0.5, 0.6) is 28.7 Å². The number of hydrogen-bond donors (Lipinski definition) is 5. The summed E-state index contributed by atoms with van der Waals surface area (Å²) in [5.41, 5.74) is -0.739.